The quantitative estimate of drug-likeness (QED) is 0.130. The third kappa shape index (κ3) is 8.75. The zero-order chi connectivity index (χ0) is 28.4. The van der Waals surface area contributed by atoms with E-state index in [0.29, 0.717) is 5.75 Å². The van der Waals surface area contributed by atoms with Crippen LogP contribution in [0.4, 0.5) is 0 Å². The summed E-state index contributed by atoms with van der Waals surface area (Å²) < 4.78 is 0. The second-order valence-corrected chi connectivity index (χ2v) is 9.80. The fourth-order valence-electron chi connectivity index (χ4n) is 3.73. The Kier molecular flexibility index (Phi) is 11.6. The molecule has 10 N–H and O–H groups in total. The van der Waals surface area contributed by atoms with E-state index in [-0.39, 0.29) is 12.8 Å². The SMILES string of the molecule is CSCCC(NC(=O)C(CC(N)=O)NC(=O)C(NC(=O)C(N)Cc1c[nH]c2ccccc12)C(C)O)C(=O)O. The number of carboxylic acids is 1. The van der Waals surface area contributed by atoms with Crippen LogP contribution >= 0.6 is 11.8 Å². The number of benzene rings is 1. The van der Waals surface area contributed by atoms with Gasteiger partial charge in [-0.25, -0.2) is 4.79 Å². The largest absolute Gasteiger partial charge is 0.480 e. The molecule has 2 aromatic rings. The van der Waals surface area contributed by atoms with E-state index in [9.17, 15) is 34.2 Å². The Labute approximate surface area is 223 Å². The summed E-state index contributed by atoms with van der Waals surface area (Å²) in [6, 6.07) is 2.08. The molecule has 208 valence electrons. The number of aliphatic hydroxyl groups is 1. The highest BCUT2D eigenvalue weighted by molar-refractivity contribution is 7.98. The van der Waals surface area contributed by atoms with Gasteiger partial charge in [0.05, 0.1) is 18.6 Å². The Morgan fingerprint density at radius 2 is 1.68 bits per heavy atom. The molecule has 1 aromatic carbocycles. The monoisotopic (exact) mass is 550 g/mol. The number of fused-ring (bicyclic) bond motifs is 1. The van der Waals surface area contributed by atoms with Gasteiger partial charge in [-0.1, -0.05) is 18.2 Å². The number of carboxylic acid groups (broad SMARTS) is 1. The first-order valence-electron chi connectivity index (χ1n) is 11.8. The minimum atomic E-state index is -1.53. The molecule has 4 amide bonds. The summed E-state index contributed by atoms with van der Waals surface area (Å²) in [4.78, 5) is 64.5. The number of rotatable bonds is 15. The van der Waals surface area contributed by atoms with Crippen molar-refractivity contribution in [1.29, 1.82) is 0 Å². The molecule has 0 radical (unpaired) electrons. The second-order valence-electron chi connectivity index (χ2n) is 8.81. The second kappa shape index (κ2) is 14.4. The van der Waals surface area contributed by atoms with E-state index in [4.69, 9.17) is 11.5 Å². The molecular formula is C24H34N6O7S. The van der Waals surface area contributed by atoms with Crippen LogP contribution in [0.1, 0.15) is 25.3 Å². The summed E-state index contributed by atoms with van der Waals surface area (Å²) in [5, 5.41) is 27.3. The minimum Gasteiger partial charge on any atom is -0.480 e. The molecule has 1 heterocycles. The number of carbonyl (C=O) groups excluding carboxylic acids is 4. The molecule has 0 spiro atoms. The molecule has 0 fully saturated rings. The van der Waals surface area contributed by atoms with Crippen LogP contribution in [0.25, 0.3) is 10.9 Å². The van der Waals surface area contributed by atoms with Gasteiger partial charge in [-0.3, -0.25) is 19.2 Å². The van der Waals surface area contributed by atoms with Gasteiger partial charge in [-0.15, -0.1) is 0 Å². The average molecular weight is 551 g/mol. The van der Waals surface area contributed by atoms with Crippen molar-refractivity contribution in [2.75, 3.05) is 12.0 Å². The van der Waals surface area contributed by atoms with Gasteiger partial charge in [-0.05, 0) is 43.4 Å². The van der Waals surface area contributed by atoms with Crippen molar-refractivity contribution in [1.82, 2.24) is 20.9 Å². The molecule has 0 saturated heterocycles. The Balaban J connectivity index is 2.09. The van der Waals surface area contributed by atoms with E-state index in [0.717, 1.165) is 16.5 Å². The highest BCUT2D eigenvalue weighted by atomic mass is 32.2. The number of nitrogens with one attached hydrogen (secondary N) is 4. The standard InChI is InChI=1S/C24H34N6O7S/c1-12(31)20(30-21(33)15(25)9-13-11-27-16-6-4-3-5-14(13)16)23(35)29-18(10-19(26)32)22(34)28-17(24(36)37)7-8-38-2/h3-6,11-12,15,17-18,20,27,31H,7-10,25H2,1-2H3,(H2,26,32)(H,28,34)(H,29,35)(H,30,33)(H,36,37). The predicted octanol–water partition coefficient (Wildman–Crippen LogP) is -1.41. The highest BCUT2D eigenvalue weighted by Gasteiger charge is 2.33. The summed E-state index contributed by atoms with van der Waals surface area (Å²) in [6.07, 6.45) is 1.72. The third-order valence-electron chi connectivity index (χ3n) is 5.78. The Morgan fingerprint density at radius 1 is 1.03 bits per heavy atom. The van der Waals surface area contributed by atoms with Gasteiger partial charge in [-0.2, -0.15) is 11.8 Å². The first kappa shape index (κ1) is 30.6. The van der Waals surface area contributed by atoms with Gasteiger partial charge in [0.25, 0.3) is 0 Å². The van der Waals surface area contributed by atoms with E-state index < -0.39 is 66.3 Å². The van der Waals surface area contributed by atoms with Crippen molar-refractivity contribution in [3.05, 3.63) is 36.0 Å². The summed E-state index contributed by atoms with van der Waals surface area (Å²) in [7, 11) is 0. The maximum Gasteiger partial charge on any atom is 0.326 e. The van der Waals surface area contributed by atoms with E-state index >= 15 is 0 Å². The summed E-state index contributed by atoms with van der Waals surface area (Å²) in [6.45, 7) is 1.25. The maximum atomic E-state index is 12.9. The number of H-pyrrole nitrogens is 1. The van der Waals surface area contributed by atoms with Gasteiger partial charge >= 0.3 is 5.97 Å². The first-order chi connectivity index (χ1) is 17.9. The van der Waals surface area contributed by atoms with Crippen LogP contribution in [0.5, 0.6) is 0 Å². The molecule has 0 aliphatic rings. The maximum absolute atomic E-state index is 12.9. The van der Waals surface area contributed by atoms with E-state index in [2.05, 4.69) is 20.9 Å². The topological polar surface area (TPSA) is 230 Å². The van der Waals surface area contributed by atoms with Crippen LogP contribution in [0.15, 0.2) is 30.5 Å². The van der Waals surface area contributed by atoms with Gasteiger partial charge in [0.2, 0.25) is 23.6 Å². The number of nitrogens with two attached hydrogens (primary N) is 2. The fraction of sp³-hybridized carbons (Fsp3) is 0.458. The molecule has 0 bridgehead atoms. The van der Waals surface area contributed by atoms with Gasteiger partial charge in [0.1, 0.15) is 18.1 Å². The molecule has 5 atom stereocenters. The number of hydrogen-bond acceptors (Lipinski definition) is 8. The summed E-state index contributed by atoms with van der Waals surface area (Å²) in [5.41, 5.74) is 12.9. The van der Waals surface area contributed by atoms with Crippen LogP contribution < -0.4 is 27.4 Å². The number of para-hydroxylation sites is 1. The highest BCUT2D eigenvalue weighted by Crippen LogP contribution is 2.18. The molecule has 13 nitrogen and oxygen atoms in total. The molecule has 2 rings (SSSR count). The zero-order valence-electron chi connectivity index (χ0n) is 21.1. The third-order valence-corrected chi connectivity index (χ3v) is 6.42. The number of aliphatic hydroxyl groups excluding tert-OH is 1. The van der Waals surface area contributed by atoms with Crippen molar-refractivity contribution < 1.29 is 34.2 Å². The van der Waals surface area contributed by atoms with Crippen molar-refractivity contribution in [3.63, 3.8) is 0 Å². The lowest BCUT2D eigenvalue weighted by Gasteiger charge is -2.26. The van der Waals surface area contributed by atoms with E-state index in [1.807, 2.05) is 24.3 Å². The van der Waals surface area contributed by atoms with Crippen LogP contribution in [0, 0.1) is 0 Å². The predicted molar refractivity (Wildman–Crippen MR) is 142 cm³/mol. The van der Waals surface area contributed by atoms with E-state index in [1.54, 1.807) is 12.5 Å². The lowest BCUT2D eigenvalue weighted by molar-refractivity contribution is -0.142. The zero-order valence-corrected chi connectivity index (χ0v) is 21.9. The number of carbonyl (C=O) groups is 5. The number of aliphatic carboxylic acids is 1. The molecule has 5 unspecified atom stereocenters. The molecule has 0 aliphatic carbocycles. The Morgan fingerprint density at radius 3 is 2.29 bits per heavy atom. The molecule has 14 heteroatoms. The number of hydrogen-bond donors (Lipinski definition) is 8. The smallest absolute Gasteiger partial charge is 0.326 e. The molecule has 0 aliphatic heterocycles. The molecule has 38 heavy (non-hydrogen) atoms. The van der Waals surface area contributed by atoms with Gasteiger partial charge in [0.15, 0.2) is 0 Å². The lowest BCUT2D eigenvalue weighted by Crippen LogP contribution is -2.60. The van der Waals surface area contributed by atoms with Gasteiger partial charge in [0, 0.05) is 17.1 Å². The summed E-state index contributed by atoms with van der Waals surface area (Å²) >= 11 is 1.38. The van der Waals surface area contributed by atoms with Crippen molar-refractivity contribution in [2.24, 2.45) is 11.5 Å². The molecular weight excluding hydrogens is 516 g/mol. The average Bonchev–Trinajstić information content (AvgIpc) is 3.26. The van der Waals surface area contributed by atoms with Crippen molar-refractivity contribution in [3.8, 4) is 0 Å². The summed E-state index contributed by atoms with van der Waals surface area (Å²) in [5.74, 6) is -4.42. The van der Waals surface area contributed by atoms with Crippen LogP contribution in [0.3, 0.4) is 0 Å². The van der Waals surface area contributed by atoms with Gasteiger partial charge < -0.3 is 42.6 Å². The van der Waals surface area contributed by atoms with Crippen molar-refractivity contribution in [2.45, 2.75) is 56.5 Å². The normalized spacial score (nSPS) is 15.1. The number of primary amides is 1. The fourth-order valence-corrected chi connectivity index (χ4v) is 4.20. The van der Waals surface area contributed by atoms with Crippen LogP contribution in [-0.4, -0.2) is 87.1 Å². The first-order valence-corrected chi connectivity index (χ1v) is 13.2. The molecule has 1 aromatic heterocycles. The number of amides is 4. The van der Waals surface area contributed by atoms with Crippen molar-refractivity contribution >= 4 is 52.3 Å². The van der Waals surface area contributed by atoms with Crippen LogP contribution in [-0.2, 0) is 30.4 Å². The minimum absolute atomic E-state index is 0.111. The van der Waals surface area contributed by atoms with Crippen LogP contribution in [0.2, 0.25) is 0 Å². The molecule has 0 saturated carbocycles. The Hall–Kier alpha value is -3.62. The number of aromatic amines is 1. The lowest BCUT2D eigenvalue weighted by atomic mass is 10.0. The van der Waals surface area contributed by atoms with E-state index in [1.165, 1.54) is 18.7 Å². The number of thioether (sulfide) groups is 1. The number of aromatic nitrogens is 1. The Bertz CT molecular complexity index is 1150.